The summed E-state index contributed by atoms with van der Waals surface area (Å²) in [6, 6.07) is 11.4. The van der Waals surface area contributed by atoms with Gasteiger partial charge >= 0.3 is 6.09 Å². The molecule has 9 nitrogen and oxygen atoms in total. The number of benzene rings is 1. The lowest BCUT2D eigenvalue weighted by Crippen LogP contribution is -2.48. The maximum atomic E-state index is 12.2. The molecule has 2 N–H and O–H groups in total. The fourth-order valence-corrected chi connectivity index (χ4v) is 4.45. The molecule has 0 unspecified atom stereocenters. The molecule has 32 heavy (non-hydrogen) atoms. The maximum Gasteiger partial charge on any atom is 0.409 e. The van der Waals surface area contributed by atoms with Crippen molar-refractivity contribution in [1.29, 1.82) is 15.8 Å². The van der Waals surface area contributed by atoms with E-state index in [1.54, 1.807) is 24.3 Å². The molecule has 1 amide bonds. The van der Waals surface area contributed by atoms with E-state index in [9.17, 15) is 20.6 Å². The van der Waals surface area contributed by atoms with Crippen LogP contribution in [0.3, 0.4) is 0 Å². The number of carbonyl (C=O) groups is 1. The summed E-state index contributed by atoms with van der Waals surface area (Å²) in [6.45, 7) is 2.63. The molecule has 1 aromatic rings. The molecule has 0 bridgehead atoms. The zero-order valence-corrected chi connectivity index (χ0v) is 18.1. The Morgan fingerprint density at radius 3 is 2.53 bits per heavy atom. The minimum atomic E-state index is -1.77. The Balaban J connectivity index is 2.25. The summed E-state index contributed by atoms with van der Waals surface area (Å²) in [6.07, 6.45) is 1.13. The molecule has 1 aromatic carbocycles. The number of rotatable bonds is 4. The lowest BCUT2D eigenvalue weighted by molar-refractivity contribution is 0.117. The third-order valence-corrected chi connectivity index (χ3v) is 5.92. The first kappa shape index (κ1) is 22.5. The highest BCUT2D eigenvalue weighted by atomic mass is 16.5. The first-order valence-corrected chi connectivity index (χ1v) is 9.99. The molecule has 3 rings (SSSR count). The number of nitriles is 3. The molecule has 0 aromatic heterocycles. The number of ether oxygens (including phenoxy) is 3. The molecule has 2 aliphatic rings. The van der Waals surface area contributed by atoms with E-state index in [2.05, 4.69) is 6.07 Å². The van der Waals surface area contributed by atoms with Gasteiger partial charge in [-0.15, -0.1) is 0 Å². The number of allylic oxidation sites excluding steroid dienone is 2. The summed E-state index contributed by atoms with van der Waals surface area (Å²) in [5, 5.41) is 29.9. The molecule has 9 heteroatoms. The monoisotopic (exact) mass is 433 g/mol. The van der Waals surface area contributed by atoms with E-state index in [-0.39, 0.29) is 24.4 Å². The largest absolute Gasteiger partial charge is 0.493 e. The van der Waals surface area contributed by atoms with Crippen molar-refractivity contribution in [3.8, 4) is 29.7 Å². The van der Waals surface area contributed by atoms with Crippen LogP contribution in [0.5, 0.6) is 11.5 Å². The van der Waals surface area contributed by atoms with Crippen molar-refractivity contribution in [3.05, 3.63) is 46.7 Å². The van der Waals surface area contributed by atoms with E-state index < -0.39 is 23.3 Å². The predicted octanol–water partition coefficient (Wildman–Crippen LogP) is 2.59. The van der Waals surface area contributed by atoms with Crippen molar-refractivity contribution in [2.45, 2.75) is 12.8 Å². The molecule has 0 radical (unpaired) electrons. The van der Waals surface area contributed by atoms with Gasteiger partial charge in [0.15, 0.2) is 11.5 Å². The predicted molar refractivity (Wildman–Crippen MR) is 113 cm³/mol. The van der Waals surface area contributed by atoms with E-state index in [0.717, 1.165) is 0 Å². The lowest BCUT2D eigenvalue weighted by Gasteiger charge is -2.44. The van der Waals surface area contributed by atoms with Crippen LogP contribution in [0.15, 0.2) is 41.1 Å². The summed E-state index contributed by atoms with van der Waals surface area (Å²) in [5.74, 6) is -0.113. The molecular weight excluding hydrogens is 410 g/mol. The smallest absolute Gasteiger partial charge is 0.409 e. The molecule has 1 aliphatic carbocycles. The van der Waals surface area contributed by atoms with Gasteiger partial charge in [0.05, 0.1) is 50.3 Å². The fourth-order valence-electron chi connectivity index (χ4n) is 4.45. The van der Waals surface area contributed by atoms with Crippen molar-refractivity contribution < 1.29 is 19.0 Å². The van der Waals surface area contributed by atoms with Gasteiger partial charge in [-0.1, -0.05) is 12.1 Å². The Morgan fingerprint density at radius 2 is 1.97 bits per heavy atom. The van der Waals surface area contributed by atoms with Gasteiger partial charge in [0.1, 0.15) is 0 Å². The van der Waals surface area contributed by atoms with E-state index in [0.29, 0.717) is 29.2 Å². The standard InChI is InChI=1S/C23H23N5O4/c1-4-32-18-6-5-14(9-19(18)30-2)20-15(10-24)21(27)23(12-25,13-26)17-7-8-28(11-16(17)20)22(29)31-3/h5-7,9,16,20H,4,8,11,27H2,1-3H3/t16-,20-/m1/s1. The third-order valence-electron chi connectivity index (χ3n) is 5.92. The highest BCUT2D eigenvalue weighted by Gasteiger charge is 2.53. The van der Waals surface area contributed by atoms with E-state index in [1.165, 1.54) is 19.1 Å². The molecule has 0 saturated carbocycles. The molecule has 0 fully saturated rings. The normalized spacial score (nSPS) is 21.2. The molecule has 2 atom stereocenters. The summed E-state index contributed by atoms with van der Waals surface area (Å²) in [7, 11) is 2.80. The van der Waals surface area contributed by atoms with Crippen LogP contribution >= 0.6 is 0 Å². The average Bonchev–Trinajstić information content (AvgIpc) is 2.83. The second kappa shape index (κ2) is 8.91. The van der Waals surface area contributed by atoms with Crippen LogP contribution in [-0.2, 0) is 4.74 Å². The van der Waals surface area contributed by atoms with Gasteiger partial charge in [-0.05, 0) is 30.2 Å². The van der Waals surface area contributed by atoms with Gasteiger partial charge in [-0.25, -0.2) is 4.79 Å². The number of hydrogen-bond acceptors (Lipinski definition) is 8. The van der Waals surface area contributed by atoms with Crippen molar-refractivity contribution in [2.24, 2.45) is 17.1 Å². The molecule has 1 aliphatic heterocycles. The summed E-state index contributed by atoms with van der Waals surface area (Å²) in [5.41, 5.74) is 5.74. The molecular formula is C23H23N5O4. The number of carbonyl (C=O) groups excluding carboxylic acids is 1. The van der Waals surface area contributed by atoms with Crippen molar-refractivity contribution >= 4 is 6.09 Å². The number of hydrogen-bond donors (Lipinski definition) is 1. The van der Waals surface area contributed by atoms with Crippen LogP contribution in [-0.4, -0.2) is 44.9 Å². The first-order chi connectivity index (χ1) is 15.4. The summed E-state index contributed by atoms with van der Waals surface area (Å²) < 4.78 is 15.9. The minimum absolute atomic E-state index is 0.0862. The van der Waals surface area contributed by atoms with Crippen LogP contribution < -0.4 is 15.2 Å². The zero-order valence-electron chi connectivity index (χ0n) is 18.1. The zero-order chi connectivity index (χ0) is 23.5. The average molecular weight is 433 g/mol. The van der Waals surface area contributed by atoms with Crippen LogP contribution in [0.4, 0.5) is 4.79 Å². The molecule has 164 valence electrons. The Morgan fingerprint density at radius 1 is 1.25 bits per heavy atom. The Bertz CT molecular complexity index is 1100. The Hall–Kier alpha value is -4.16. The topological polar surface area (TPSA) is 145 Å². The summed E-state index contributed by atoms with van der Waals surface area (Å²) >= 11 is 0. The van der Waals surface area contributed by atoms with Gasteiger partial charge in [0.2, 0.25) is 5.41 Å². The second-order valence-electron chi connectivity index (χ2n) is 7.37. The van der Waals surface area contributed by atoms with Crippen LogP contribution in [0.1, 0.15) is 18.4 Å². The number of nitrogens with zero attached hydrogens (tertiary/aromatic N) is 4. The minimum Gasteiger partial charge on any atom is -0.493 e. The quantitative estimate of drug-likeness (QED) is 0.713. The number of nitrogens with two attached hydrogens (primary N) is 1. The first-order valence-electron chi connectivity index (χ1n) is 9.99. The fraction of sp³-hybridized carbons (Fsp3) is 0.391. The molecule has 0 saturated heterocycles. The number of methoxy groups -OCH3 is 2. The number of fused-ring (bicyclic) bond motifs is 1. The van der Waals surface area contributed by atoms with Crippen LogP contribution in [0.2, 0.25) is 0 Å². The van der Waals surface area contributed by atoms with Gasteiger partial charge < -0.3 is 24.8 Å². The maximum absolute atomic E-state index is 12.2. The SMILES string of the molecule is CCOc1ccc([C@@H]2C(C#N)=C(N)C(C#N)(C#N)C3=CCN(C(=O)OC)C[C@H]32)cc1OC. The Kier molecular flexibility index (Phi) is 6.27. The van der Waals surface area contributed by atoms with Crippen LogP contribution in [0, 0.1) is 45.3 Å². The third kappa shape index (κ3) is 3.36. The van der Waals surface area contributed by atoms with Gasteiger partial charge in [-0.2, -0.15) is 15.8 Å². The Labute approximate surface area is 186 Å². The van der Waals surface area contributed by atoms with Crippen molar-refractivity contribution in [2.75, 3.05) is 33.9 Å². The van der Waals surface area contributed by atoms with E-state index in [4.69, 9.17) is 19.9 Å². The number of amides is 1. The molecule has 1 heterocycles. The summed E-state index contributed by atoms with van der Waals surface area (Å²) in [4.78, 5) is 13.7. The van der Waals surface area contributed by atoms with Gasteiger partial charge in [0, 0.05) is 24.9 Å². The highest BCUT2D eigenvalue weighted by Crippen LogP contribution is 2.53. The molecule has 0 spiro atoms. The van der Waals surface area contributed by atoms with Crippen molar-refractivity contribution in [3.63, 3.8) is 0 Å². The van der Waals surface area contributed by atoms with E-state index in [1.807, 2.05) is 19.1 Å². The van der Waals surface area contributed by atoms with Crippen LogP contribution in [0.25, 0.3) is 0 Å². The lowest BCUT2D eigenvalue weighted by atomic mass is 9.60. The van der Waals surface area contributed by atoms with E-state index >= 15 is 0 Å². The highest BCUT2D eigenvalue weighted by molar-refractivity contribution is 5.69. The van der Waals surface area contributed by atoms with Gasteiger partial charge in [0.25, 0.3) is 0 Å². The van der Waals surface area contributed by atoms with Crippen molar-refractivity contribution in [1.82, 2.24) is 4.90 Å². The van der Waals surface area contributed by atoms with Gasteiger partial charge in [-0.3, -0.25) is 0 Å². The second-order valence-corrected chi connectivity index (χ2v) is 7.37.